The minimum absolute atomic E-state index is 0.0332. The van der Waals surface area contributed by atoms with Crippen LogP contribution < -0.4 is 5.43 Å². The van der Waals surface area contributed by atoms with Gasteiger partial charge in [0.1, 0.15) is 0 Å². The van der Waals surface area contributed by atoms with Crippen LogP contribution in [0.1, 0.15) is 19.4 Å². The van der Waals surface area contributed by atoms with Gasteiger partial charge in [-0.25, -0.2) is 0 Å². The highest BCUT2D eigenvalue weighted by molar-refractivity contribution is 7.86. The van der Waals surface area contributed by atoms with Gasteiger partial charge >= 0.3 is 0 Å². The van der Waals surface area contributed by atoms with Gasteiger partial charge in [-0.05, 0) is 23.1 Å². The zero-order valence-electron chi connectivity index (χ0n) is 13.1. The van der Waals surface area contributed by atoms with Gasteiger partial charge in [0.25, 0.3) is 10.1 Å². The van der Waals surface area contributed by atoms with Gasteiger partial charge in [-0.3, -0.25) is 14.6 Å². The van der Waals surface area contributed by atoms with Gasteiger partial charge in [0, 0.05) is 12.7 Å². The first-order valence-electron chi connectivity index (χ1n) is 7.19. The van der Waals surface area contributed by atoms with Crippen LogP contribution in [0.3, 0.4) is 0 Å². The van der Waals surface area contributed by atoms with E-state index in [1.165, 1.54) is 0 Å². The Bertz CT molecular complexity index is 664. The van der Waals surface area contributed by atoms with E-state index in [0.29, 0.717) is 5.92 Å². The number of nitrogens with one attached hydrogen (secondary N) is 1. The summed E-state index contributed by atoms with van der Waals surface area (Å²) in [7, 11) is -3.46. The lowest BCUT2D eigenvalue weighted by atomic mass is 10.1. The van der Waals surface area contributed by atoms with Crippen LogP contribution in [0.4, 0.5) is 0 Å². The summed E-state index contributed by atoms with van der Waals surface area (Å²) in [5.74, 6) is 0.468. The Kier molecular flexibility index (Phi) is 5.26. The molecule has 6 heteroatoms. The Morgan fingerprint density at radius 3 is 2.50 bits per heavy atom. The molecule has 0 aromatic heterocycles. The fraction of sp³-hybridized carbons (Fsp3) is 0.375. The summed E-state index contributed by atoms with van der Waals surface area (Å²) in [6.07, 6.45) is 4.86. The number of hydrogen-bond acceptors (Lipinski definition) is 5. The molecular formula is C16H22N2O3S. The first kappa shape index (κ1) is 16.6. The molecule has 0 saturated carbocycles. The molecule has 2 rings (SSSR count). The zero-order chi connectivity index (χ0) is 16.2. The Morgan fingerprint density at radius 1 is 1.23 bits per heavy atom. The van der Waals surface area contributed by atoms with Crippen molar-refractivity contribution in [2.45, 2.75) is 13.8 Å². The van der Waals surface area contributed by atoms with Crippen molar-refractivity contribution in [3.05, 3.63) is 53.7 Å². The largest absolute Gasteiger partial charge is 0.298 e. The fourth-order valence-corrected chi connectivity index (χ4v) is 2.50. The molecule has 0 atom stereocenters. The lowest BCUT2D eigenvalue weighted by molar-refractivity contribution is 0.275. The SMILES string of the molecule is CC(C)CN1C=C(COS(C)(=O)=O)C=C(c2ccccc2)N1. The maximum Gasteiger partial charge on any atom is 0.264 e. The van der Waals surface area contributed by atoms with Gasteiger partial charge < -0.3 is 0 Å². The van der Waals surface area contributed by atoms with Crippen LogP contribution in [0.15, 0.2) is 48.2 Å². The molecule has 1 aromatic rings. The molecule has 1 N–H and O–H groups in total. The third-order valence-corrected chi connectivity index (χ3v) is 3.55. The van der Waals surface area contributed by atoms with Crippen molar-refractivity contribution in [2.75, 3.05) is 19.4 Å². The molecule has 1 aliphatic heterocycles. The lowest BCUT2D eigenvalue weighted by Gasteiger charge is -2.30. The summed E-state index contributed by atoms with van der Waals surface area (Å²) >= 11 is 0. The van der Waals surface area contributed by atoms with E-state index >= 15 is 0 Å². The minimum Gasteiger partial charge on any atom is -0.298 e. The van der Waals surface area contributed by atoms with Crippen molar-refractivity contribution < 1.29 is 12.6 Å². The number of nitrogens with zero attached hydrogens (tertiary/aromatic N) is 1. The normalized spacial score (nSPS) is 15.4. The van der Waals surface area contributed by atoms with E-state index < -0.39 is 10.1 Å². The molecule has 1 aromatic carbocycles. The fourth-order valence-electron chi connectivity index (χ4n) is 2.15. The van der Waals surface area contributed by atoms with E-state index in [2.05, 4.69) is 19.3 Å². The Hall–Kier alpha value is -1.79. The molecule has 0 aliphatic carbocycles. The number of hydrogen-bond donors (Lipinski definition) is 1. The topological polar surface area (TPSA) is 58.6 Å². The third kappa shape index (κ3) is 5.20. The van der Waals surface area contributed by atoms with Gasteiger partial charge in [0.2, 0.25) is 0 Å². The first-order chi connectivity index (χ1) is 10.3. The maximum atomic E-state index is 11.2. The Morgan fingerprint density at radius 2 is 1.91 bits per heavy atom. The molecule has 0 unspecified atom stereocenters. The van der Waals surface area contributed by atoms with E-state index in [1.54, 1.807) is 0 Å². The molecule has 1 aliphatic rings. The van der Waals surface area contributed by atoms with E-state index in [9.17, 15) is 8.42 Å². The Labute approximate surface area is 132 Å². The summed E-state index contributed by atoms with van der Waals surface area (Å²) in [5.41, 5.74) is 6.12. The van der Waals surface area contributed by atoms with Crippen molar-refractivity contribution in [3.8, 4) is 0 Å². The van der Waals surface area contributed by atoms with Crippen LogP contribution in [0.25, 0.3) is 5.70 Å². The predicted molar refractivity (Wildman–Crippen MR) is 88.0 cm³/mol. The molecule has 0 spiro atoms. The average molecular weight is 322 g/mol. The maximum absolute atomic E-state index is 11.2. The van der Waals surface area contributed by atoms with E-state index in [0.717, 1.165) is 29.6 Å². The standard InChI is InChI=1S/C16H22N2O3S/c1-13(2)10-18-11-14(12-21-22(3,19)20)9-16(17-18)15-7-5-4-6-8-15/h4-9,11,13,17H,10,12H2,1-3H3. The molecule has 22 heavy (non-hydrogen) atoms. The van der Waals surface area contributed by atoms with Gasteiger partial charge in [-0.15, -0.1) is 0 Å². The van der Waals surface area contributed by atoms with Crippen LogP contribution in [-0.4, -0.2) is 32.8 Å². The first-order valence-corrected chi connectivity index (χ1v) is 9.00. The van der Waals surface area contributed by atoms with Gasteiger partial charge in [-0.1, -0.05) is 44.2 Å². The van der Waals surface area contributed by atoms with Crippen molar-refractivity contribution in [1.82, 2.24) is 10.4 Å². The van der Waals surface area contributed by atoms with Crippen LogP contribution >= 0.6 is 0 Å². The summed E-state index contributed by atoms with van der Waals surface area (Å²) in [5, 5.41) is 1.97. The summed E-state index contributed by atoms with van der Waals surface area (Å²) < 4.78 is 27.3. The second-order valence-corrected chi connectivity index (χ2v) is 7.40. The minimum atomic E-state index is -3.46. The van der Waals surface area contributed by atoms with Crippen molar-refractivity contribution in [1.29, 1.82) is 0 Å². The lowest BCUT2D eigenvalue weighted by Crippen LogP contribution is -2.37. The second-order valence-electron chi connectivity index (χ2n) is 5.75. The average Bonchev–Trinajstić information content (AvgIpc) is 2.44. The number of benzene rings is 1. The van der Waals surface area contributed by atoms with Crippen LogP contribution in [-0.2, 0) is 14.3 Å². The van der Waals surface area contributed by atoms with Crippen LogP contribution in [0.2, 0.25) is 0 Å². The van der Waals surface area contributed by atoms with Crippen molar-refractivity contribution >= 4 is 15.8 Å². The summed E-state index contributed by atoms with van der Waals surface area (Å²) in [6, 6.07) is 9.91. The van der Waals surface area contributed by atoms with E-state index in [-0.39, 0.29) is 6.61 Å². The highest BCUT2D eigenvalue weighted by Crippen LogP contribution is 2.20. The monoisotopic (exact) mass is 322 g/mol. The molecule has 120 valence electrons. The Balaban J connectivity index is 2.22. The van der Waals surface area contributed by atoms with E-state index in [4.69, 9.17) is 4.18 Å². The van der Waals surface area contributed by atoms with Crippen molar-refractivity contribution in [3.63, 3.8) is 0 Å². The summed E-state index contributed by atoms with van der Waals surface area (Å²) in [6.45, 7) is 5.10. The number of rotatable bonds is 6. The van der Waals surface area contributed by atoms with Gasteiger partial charge in [0.15, 0.2) is 0 Å². The quantitative estimate of drug-likeness (QED) is 0.815. The molecule has 0 amide bonds. The zero-order valence-corrected chi connectivity index (χ0v) is 13.9. The third-order valence-electron chi connectivity index (χ3n) is 3.00. The van der Waals surface area contributed by atoms with E-state index in [1.807, 2.05) is 47.6 Å². The van der Waals surface area contributed by atoms with Crippen LogP contribution in [0, 0.1) is 5.92 Å². The highest BCUT2D eigenvalue weighted by Gasteiger charge is 2.15. The molecule has 0 radical (unpaired) electrons. The molecule has 5 nitrogen and oxygen atoms in total. The van der Waals surface area contributed by atoms with Gasteiger partial charge in [-0.2, -0.15) is 8.42 Å². The number of hydrazine groups is 1. The van der Waals surface area contributed by atoms with Gasteiger partial charge in [0.05, 0.1) is 18.6 Å². The smallest absolute Gasteiger partial charge is 0.264 e. The predicted octanol–water partition coefficient (Wildman–Crippen LogP) is 2.36. The summed E-state index contributed by atoms with van der Waals surface area (Å²) in [4.78, 5) is 0. The molecule has 0 bridgehead atoms. The second kappa shape index (κ2) is 6.98. The highest BCUT2D eigenvalue weighted by atomic mass is 32.2. The van der Waals surface area contributed by atoms with Crippen molar-refractivity contribution in [2.24, 2.45) is 5.92 Å². The van der Waals surface area contributed by atoms with Crippen LogP contribution in [0.5, 0.6) is 0 Å². The molecule has 1 heterocycles. The molecule has 0 fully saturated rings. The molecular weight excluding hydrogens is 300 g/mol. The molecule has 0 saturated heterocycles.